The fourth-order valence-electron chi connectivity index (χ4n) is 3.51. The van der Waals surface area contributed by atoms with Crippen LogP contribution >= 0.6 is 0 Å². The van der Waals surface area contributed by atoms with E-state index < -0.39 is 11.6 Å². The third kappa shape index (κ3) is 3.86. The third-order valence-electron chi connectivity index (χ3n) is 4.79. The molecule has 2 aliphatic heterocycles. The van der Waals surface area contributed by atoms with Gasteiger partial charge in [-0.1, -0.05) is 13.0 Å². The van der Waals surface area contributed by atoms with Gasteiger partial charge >= 0.3 is 0 Å². The topological polar surface area (TPSA) is 45.7 Å². The van der Waals surface area contributed by atoms with Crippen molar-refractivity contribution in [3.05, 3.63) is 35.4 Å². The second-order valence-corrected chi connectivity index (χ2v) is 6.65. The summed E-state index contributed by atoms with van der Waals surface area (Å²) in [6, 6.07) is 3.99. The van der Waals surface area contributed by atoms with Gasteiger partial charge in [0.25, 0.3) is 0 Å². The van der Waals surface area contributed by atoms with E-state index in [1.807, 2.05) is 13.8 Å². The van der Waals surface area contributed by atoms with Crippen molar-refractivity contribution in [3.63, 3.8) is 0 Å². The molecule has 0 aliphatic carbocycles. The Hall–Kier alpha value is -1.69. The molecule has 4 unspecified atom stereocenters. The largest absolute Gasteiger partial charge is 0.373 e. The minimum atomic E-state index is -0.557. The van der Waals surface area contributed by atoms with Crippen LogP contribution < -0.4 is 10.6 Å². The number of nitrogens with one attached hydrogen (secondary N) is 2. The van der Waals surface area contributed by atoms with E-state index in [0.717, 1.165) is 37.8 Å². The summed E-state index contributed by atoms with van der Waals surface area (Å²) >= 11 is 0. The standard InChI is InChI=1S/C18H25F2N3O/c1-3-21-18(23-16-9-13-5-7-17(16)24-13)22-10-11(2)14-6-4-12(19)8-15(14)20/h4,6,8,11,13,16-17H,3,5,7,9-10H2,1-2H3,(H2,21,22,23). The lowest BCUT2D eigenvalue weighted by atomic mass is 9.96. The van der Waals surface area contributed by atoms with Gasteiger partial charge in [0.1, 0.15) is 11.6 Å². The zero-order valence-corrected chi connectivity index (χ0v) is 14.2. The summed E-state index contributed by atoms with van der Waals surface area (Å²) in [7, 11) is 0. The molecule has 2 saturated heterocycles. The highest BCUT2D eigenvalue weighted by Gasteiger charge is 2.41. The number of hydrogen-bond acceptors (Lipinski definition) is 2. The molecule has 0 saturated carbocycles. The Labute approximate surface area is 141 Å². The van der Waals surface area contributed by atoms with Crippen LogP contribution in [0.15, 0.2) is 23.2 Å². The van der Waals surface area contributed by atoms with Crippen molar-refractivity contribution in [1.82, 2.24) is 10.6 Å². The van der Waals surface area contributed by atoms with Crippen LogP contribution in [0.4, 0.5) is 8.78 Å². The summed E-state index contributed by atoms with van der Waals surface area (Å²) < 4.78 is 32.7. The highest BCUT2D eigenvalue weighted by Crippen LogP contribution is 2.34. The van der Waals surface area contributed by atoms with Crippen molar-refractivity contribution in [1.29, 1.82) is 0 Å². The van der Waals surface area contributed by atoms with E-state index >= 15 is 0 Å². The van der Waals surface area contributed by atoms with E-state index in [1.54, 1.807) is 0 Å². The van der Waals surface area contributed by atoms with Gasteiger partial charge in [0.15, 0.2) is 5.96 Å². The Bertz CT molecular complexity index is 608. The number of ether oxygens (including phenoxy) is 1. The van der Waals surface area contributed by atoms with Gasteiger partial charge in [-0.05, 0) is 37.8 Å². The lowest BCUT2D eigenvalue weighted by Gasteiger charge is -2.23. The van der Waals surface area contributed by atoms with Gasteiger partial charge in [0, 0.05) is 25.1 Å². The predicted octanol–water partition coefficient (Wildman–Crippen LogP) is 2.94. The molecule has 2 heterocycles. The van der Waals surface area contributed by atoms with Crippen molar-refractivity contribution in [3.8, 4) is 0 Å². The summed E-state index contributed by atoms with van der Waals surface area (Å²) in [5.41, 5.74) is 0.485. The summed E-state index contributed by atoms with van der Waals surface area (Å²) in [4.78, 5) is 4.58. The maximum Gasteiger partial charge on any atom is 0.191 e. The Morgan fingerprint density at radius 2 is 2.21 bits per heavy atom. The minimum absolute atomic E-state index is 0.127. The molecule has 3 rings (SSSR count). The van der Waals surface area contributed by atoms with E-state index in [0.29, 0.717) is 24.3 Å². The van der Waals surface area contributed by atoms with Crippen LogP contribution in [0.1, 0.15) is 44.6 Å². The molecule has 132 valence electrons. The number of aliphatic imine (C=N–C) groups is 1. The number of guanidine groups is 1. The molecule has 6 heteroatoms. The van der Waals surface area contributed by atoms with Crippen molar-refractivity contribution in [2.24, 2.45) is 4.99 Å². The first-order valence-corrected chi connectivity index (χ1v) is 8.72. The maximum atomic E-state index is 13.9. The predicted molar refractivity (Wildman–Crippen MR) is 90.2 cm³/mol. The molecule has 0 aromatic heterocycles. The SMILES string of the molecule is CCNC(=NCC(C)c1ccc(F)cc1F)NC1CC2CCC1O2. The molecule has 24 heavy (non-hydrogen) atoms. The Morgan fingerprint density at radius 1 is 1.38 bits per heavy atom. The van der Waals surface area contributed by atoms with Crippen LogP contribution in [0.3, 0.4) is 0 Å². The van der Waals surface area contributed by atoms with Gasteiger partial charge in [0.05, 0.1) is 18.2 Å². The van der Waals surface area contributed by atoms with Gasteiger partial charge in [-0.2, -0.15) is 0 Å². The minimum Gasteiger partial charge on any atom is -0.373 e. The van der Waals surface area contributed by atoms with Crippen molar-refractivity contribution in [2.45, 2.75) is 57.3 Å². The van der Waals surface area contributed by atoms with E-state index in [1.165, 1.54) is 12.1 Å². The molecule has 0 radical (unpaired) electrons. The van der Waals surface area contributed by atoms with Crippen molar-refractivity contribution >= 4 is 5.96 Å². The molecule has 0 spiro atoms. The second kappa shape index (κ2) is 7.47. The molecular formula is C18H25F2N3O. The maximum absolute atomic E-state index is 13.9. The average molecular weight is 337 g/mol. The number of benzene rings is 1. The van der Waals surface area contributed by atoms with Gasteiger partial charge in [0.2, 0.25) is 0 Å². The molecule has 1 aromatic rings. The molecular weight excluding hydrogens is 312 g/mol. The van der Waals surface area contributed by atoms with Crippen molar-refractivity contribution in [2.75, 3.05) is 13.1 Å². The summed E-state index contributed by atoms with van der Waals surface area (Å²) in [5, 5.41) is 6.67. The number of hydrogen-bond donors (Lipinski definition) is 2. The highest BCUT2D eigenvalue weighted by molar-refractivity contribution is 5.80. The van der Waals surface area contributed by atoms with Crippen molar-refractivity contribution < 1.29 is 13.5 Å². The molecule has 1 aromatic carbocycles. The van der Waals surface area contributed by atoms with Crippen LogP contribution in [0.2, 0.25) is 0 Å². The van der Waals surface area contributed by atoms with E-state index in [4.69, 9.17) is 4.74 Å². The smallest absolute Gasteiger partial charge is 0.191 e. The van der Waals surface area contributed by atoms with E-state index in [2.05, 4.69) is 15.6 Å². The summed E-state index contributed by atoms with van der Waals surface area (Å²) in [6.07, 6.45) is 3.90. The van der Waals surface area contributed by atoms with E-state index in [9.17, 15) is 8.78 Å². The molecule has 4 nitrogen and oxygen atoms in total. The summed E-state index contributed by atoms with van der Waals surface area (Å²) in [5.74, 6) is -0.472. The fourth-order valence-corrected chi connectivity index (χ4v) is 3.51. The molecule has 0 amide bonds. The van der Waals surface area contributed by atoms with E-state index in [-0.39, 0.29) is 12.0 Å². The summed E-state index contributed by atoms with van der Waals surface area (Å²) in [6.45, 7) is 5.09. The van der Waals surface area contributed by atoms with Crippen LogP contribution in [0.25, 0.3) is 0 Å². The first-order valence-electron chi connectivity index (χ1n) is 8.72. The first kappa shape index (κ1) is 17.1. The molecule has 2 bridgehead atoms. The Morgan fingerprint density at radius 3 is 2.83 bits per heavy atom. The second-order valence-electron chi connectivity index (χ2n) is 6.65. The third-order valence-corrected chi connectivity index (χ3v) is 4.79. The quantitative estimate of drug-likeness (QED) is 0.641. The van der Waals surface area contributed by atoms with Gasteiger partial charge < -0.3 is 15.4 Å². The number of nitrogens with zero attached hydrogens (tertiary/aromatic N) is 1. The Balaban J connectivity index is 1.62. The van der Waals surface area contributed by atoms with Gasteiger partial charge in [-0.3, -0.25) is 4.99 Å². The lowest BCUT2D eigenvalue weighted by molar-refractivity contribution is 0.0992. The zero-order valence-electron chi connectivity index (χ0n) is 14.2. The van der Waals surface area contributed by atoms with Gasteiger partial charge in [-0.25, -0.2) is 8.78 Å². The van der Waals surface area contributed by atoms with Crippen LogP contribution in [-0.2, 0) is 4.74 Å². The van der Waals surface area contributed by atoms with Crippen LogP contribution in [-0.4, -0.2) is 37.3 Å². The molecule has 2 N–H and O–H groups in total. The Kier molecular flexibility index (Phi) is 5.33. The monoisotopic (exact) mass is 337 g/mol. The van der Waals surface area contributed by atoms with Gasteiger partial charge in [-0.15, -0.1) is 0 Å². The van der Waals surface area contributed by atoms with Crippen LogP contribution in [0.5, 0.6) is 0 Å². The number of fused-ring (bicyclic) bond motifs is 2. The fraction of sp³-hybridized carbons (Fsp3) is 0.611. The molecule has 4 atom stereocenters. The number of rotatable bonds is 5. The molecule has 2 fully saturated rings. The molecule has 2 aliphatic rings. The zero-order chi connectivity index (χ0) is 17.1. The first-order chi connectivity index (χ1) is 11.6. The average Bonchev–Trinajstić information content (AvgIpc) is 3.15. The normalized spacial score (nSPS) is 27.3. The van der Waals surface area contributed by atoms with Crippen LogP contribution in [0, 0.1) is 11.6 Å². The lowest BCUT2D eigenvalue weighted by Crippen LogP contribution is -2.47. The number of halogens is 2. The highest BCUT2D eigenvalue weighted by atomic mass is 19.1.